The van der Waals surface area contributed by atoms with Crippen LogP contribution in [-0.2, 0) is 46.2 Å². The summed E-state index contributed by atoms with van der Waals surface area (Å²) in [6.07, 6.45) is -1.92. The average Bonchev–Trinajstić information content (AvgIpc) is 2.95. The van der Waals surface area contributed by atoms with Gasteiger partial charge in [0.25, 0.3) is 5.91 Å². The SMILES string of the molecule is CC(=O)OC1C[S+]([O-])[C@H]2[C@H](NC(=O)Cc3ccccc3)C(=O)N2[C@H]1C(=O)OC(c1ccccc1)c1ccccc1. The van der Waals surface area contributed by atoms with E-state index in [0.29, 0.717) is 11.1 Å². The third kappa shape index (κ3) is 5.73. The van der Waals surface area contributed by atoms with E-state index in [4.69, 9.17) is 9.47 Å². The maximum Gasteiger partial charge on any atom is 0.334 e. The standard InChI is InChI=1S/C30H28N2O7S/c1-19(33)38-23-18-40(37)29-25(31-24(34)17-20-11-5-2-6-12-20)28(35)32(29)26(23)30(36)39-27(21-13-7-3-8-14-21)22-15-9-4-10-16-22/h2-16,23,25-27,29H,17-18H2,1H3,(H,31,34)/t23?,25-,26-,29+,40?/m1/s1. The van der Waals surface area contributed by atoms with Crippen LogP contribution in [0.1, 0.15) is 29.7 Å². The predicted octanol–water partition coefficient (Wildman–Crippen LogP) is 2.28. The molecule has 3 aromatic carbocycles. The van der Waals surface area contributed by atoms with Crippen LogP contribution in [0.5, 0.6) is 0 Å². The second-order valence-corrected chi connectivity index (χ2v) is 11.2. The lowest BCUT2D eigenvalue weighted by Crippen LogP contribution is -2.81. The first-order chi connectivity index (χ1) is 19.3. The number of carbonyl (C=O) groups is 4. The van der Waals surface area contributed by atoms with Crippen molar-refractivity contribution >= 4 is 34.9 Å². The van der Waals surface area contributed by atoms with Crippen molar-refractivity contribution in [3.05, 3.63) is 108 Å². The molecular formula is C30H28N2O7S. The molecule has 0 aromatic heterocycles. The molecule has 2 heterocycles. The van der Waals surface area contributed by atoms with Gasteiger partial charge in [-0.25, -0.2) is 4.79 Å². The van der Waals surface area contributed by atoms with Crippen molar-refractivity contribution in [2.24, 2.45) is 0 Å². The average molecular weight is 561 g/mol. The molecule has 0 spiro atoms. The van der Waals surface area contributed by atoms with Gasteiger partial charge in [0, 0.05) is 6.92 Å². The third-order valence-corrected chi connectivity index (χ3v) is 8.55. The van der Waals surface area contributed by atoms with E-state index in [1.54, 1.807) is 24.3 Å². The molecular weight excluding hydrogens is 532 g/mol. The Morgan fingerprint density at radius 1 is 0.950 bits per heavy atom. The molecule has 0 radical (unpaired) electrons. The summed E-state index contributed by atoms with van der Waals surface area (Å²) in [6, 6.07) is 24.9. The molecule has 2 unspecified atom stereocenters. The molecule has 2 saturated heterocycles. The van der Waals surface area contributed by atoms with Crippen LogP contribution in [0.15, 0.2) is 91.0 Å². The summed E-state index contributed by atoms with van der Waals surface area (Å²) < 4.78 is 24.6. The van der Waals surface area contributed by atoms with Gasteiger partial charge in [-0.05, 0) is 27.9 Å². The molecule has 206 valence electrons. The van der Waals surface area contributed by atoms with Gasteiger partial charge in [0.2, 0.25) is 11.3 Å². The van der Waals surface area contributed by atoms with Gasteiger partial charge >= 0.3 is 11.9 Å². The minimum Gasteiger partial charge on any atom is -0.615 e. The van der Waals surface area contributed by atoms with Crippen molar-refractivity contribution in [2.45, 2.75) is 43.0 Å². The van der Waals surface area contributed by atoms with Crippen molar-refractivity contribution in [3.63, 3.8) is 0 Å². The summed E-state index contributed by atoms with van der Waals surface area (Å²) in [4.78, 5) is 52.8. The van der Waals surface area contributed by atoms with Gasteiger partial charge in [-0.3, -0.25) is 19.3 Å². The van der Waals surface area contributed by atoms with E-state index in [-0.39, 0.29) is 12.2 Å². The number of rotatable bonds is 8. The van der Waals surface area contributed by atoms with Gasteiger partial charge in [-0.15, -0.1) is 0 Å². The van der Waals surface area contributed by atoms with Crippen LogP contribution in [0.4, 0.5) is 0 Å². The first-order valence-corrected chi connectivity index (χ1v) is 14.2. The highest BCUT2D eigenvalue weighted by Crippen LogP contribution is 2.37. The van der Waals surface area contributed by atoms with E-state index < -0.39 is 64.6 Å². The highest BCUT2D eigenvalue weighted by Gasteiger charge is 2.65. The summed E-state index contributed by atoms with van der Waals surface area (Å²) in [5, 5.41) is 1.71. The number of fused-ring (bicyclic) bond motifs is 1. The molecule has 5 rings (SSSR count). The number of esters is 2. The van der Waals surface area contributed by atoms with Crippen molar-refractivity contribution in [3.8, 4) is 0 Å². The van der Waals surface area contributed by atoms with Gasteiger partial charge in [0.1, 0.15) is 5.75 Å². The number of β-lactam (4-membered cyclic amide) rings is 1. The van der Waals surface area contributed by atoms with E-state index in [0.717, 1.165) is 10.5 Å². The van der Waals surface area contributed by atoms with Crippen LogP contribution in [0.25, 0.3) is 0 Å². The fraction of sp³-hybridized carbons (Fsp3) is 0.267. The lowest BCUT2D eigenvalue weighted by Gasteiger charge is -2.53. The number of nitrogens with one attached hydrogen (secondary N) is 1. The topological polar surface area (TPSA) is 125 Å². The molecule has 2 amide bonds. The van der Waals surface area contributed by atoms with Crippen molar-refractivity contribution in [1.29, 1.82) is 0 Å². The smallest absolute Gasteiger partial charge is 0.334 e. The number of ether oxygens (including phenoxy) is 2. The fourth-order valence-corrected chi connectivity index (χ4v) is 6.82. The highest BCUT2D eigenvalue weighted by molar-refractivity contribution is 7.92. The van der Waals surface area contributed by atoms with E-state index in [1.807, 2.05) is 66.7 Å². The monoisotopic (exact) mass is 560 g/mol. The maximum absolute atomic E-state index is 13.8. The molecule has 2 aliphatic rings. The predicted molar refractivity (Wildman–Crippen MR) is 146 cm³/mol. The molecule has 9 nitrogen and oxygen atoms in total. The normalized spacial score (nSPS) is 23.5. The van der Waals surface area contributed by atoms with Gasteiger partial charge < -0.3 is 19.3 Å². The fourth-order valence-electron chi connectivity index (χ4n) is 5.08. The number of amides is 2. The van der Waals surface area contributed by atoms with Crippen LogP contribution in [-0.4, -0.2) is 62.5 Å². The Kier molecular flexibility index (Phi) is 8.18. The number of benzene rings is 3. The number of hydrogen-bond acceptors (Lipinski definition) is 7. The summed E-state index contributed by atoms with van der Waals surface area (Å²) >= 11 is -1.70. The Morgan fingerprint density at radius 2 is 1.50 bits per heavy atom. The third-order valence-electron chi connectivity index (χ3n) is 6.85. The first-order valence-electron chi connectivity index (χ1n) is 12.8. The minimum absolute atomic E-state index is 0.0430. The van der Waals surface area contributed by atoms with E-state index in [1.165, 1.54) is 6.92 Å². The first kappa shape index (κ1) is 27.4. The van der Waals surface area contributed by atoms with Crippen molar-refractivity contribution in [2.75, 3.05) is 5.75 Å². The van der Waals surface area contributed by atoms with E-state index >= 15 is 0 Å². The summed E-state index contributed by atoms with van der Waals surface area (Å²) in [5.41, 5.74) is 2.18. The second kappa shape index (κ2) is 11.9. The molecule has 0 aliphatic carbocycles. The number of hydrogen-bond donors (Lipinski definition) is 1. The Balaban J connectivity index is 1.39. The van der Waals surface area contributed by atoms with E-state index in [2.05, 4.69) is 5.32 Å². The molecule has 0 bridgehead atoms. The highest BCUT2D eigenvalue weighted by atomic mass is 32.2. The van der Waals surface area contributed by atoms with Crippen molar-refractivity contribution in [1.82, 2.24) is 10.2 Å². The van der Waals surface area contributed by atoms with Crippen LogP contribution in [0.3, 0.4) is 0 Å². The Hall–Kier alpha value is -4.15. The maximum atomic E-state index is 13.8. The zero-order valence-electron chi connectivity index (χ0n) is 21.7. The summed E-state index contributed by atoms with van der Waals surface area (Å²) in [5.74, 6) is -2.65. The Bertz CT molecular complexity index is 1330. The van der Waals surface area contributed by atoms with Crippen molar-refractivity contribution < 1.29 is 33.2 Å². The van der Waals surface area contributed by atoms with Gasteiger partial charge in [-0.2, -0.15) is 0 Å². The molecule has 1 N–H and O–H groups in total. The Morgan fingerprint density at radius 3 is 2.05 bits per heavy atom. The summed E-state index contributed by atoms with van der Waals surface area (Å²) in [7, 11) is 0. The quantitative estimate of drug-likeness (QED) is 0.255. The lowest BCUT2D eigenvalue weighted by atomic mass is 9.98. The van der Waals surface area contributed by atoms with Gasteiger partial charge in [0.05, 0.1) is 6.42 Å². The molecule has 2 aliphatic heterocycles. The molecule has 10 heteroatoms. The van der Waals surface area contributed by atoms with Crippen LogP contribution >= 0.6 is 0 Å². The molecule has 40 heavy (non-hydrogen) atoms. The zero-order chi connectivity index (χ0) is 28.2. The molecule has 3 aromatic rings. The minimum atomic E-state index is -1.70. The van der Waals surface area contributed by atoms with Crippen LogP contribution in [0, 0.1) is 0 Å². The lowest BCUT2D eigenvalue weighted by molar-refractivity contribution is -0.179. The molecule has 0 saturated carbocycles. The van der Waals surface area contributed by atoms with Crippen LogP contribution < -0.4 is 5.32 Å². The largest absolute Gasteiger partial charge is 0.615 e. The number of nitrogens with zero attached hydrogens (tertiary/aromatic N) is 1. The van der Waals surface area contributed by atoms with Gasteiger partial charge in [-0.1, -0.05) is 91.0 Å². The van der Waals surface area contributed by atoms with Gasteiger partial charge in [0.15, 0.2) is 24.3 Å². The Labute approximate surface area is 234 Å². The van der Waals surface area contributed by atoms with E-state index in [9.17, 15) is 23.7 Å². The van der Waals surface area contributed by atoms with Crippen LogP contribution in [0.2, 0.25) is 0 Å². The number of carbonyl (C=O) groups excluding carboxylic acids is 4. The zero-order valence-corrected chi connectivity index (χ0v) is 22.5. The molecule has 2 fully saturated rings. The molecule has 5 atom stereocenters. The second-order valence-electron chi connectivity index (χ2n) is 9.62. The summed E-state index contributed by atoms with van der Waals surface area (Å²) in [6.45, 7) is 1.18.